The van der Waals surface area contributed by atoms with Crippen LogP contribution < -0.4 is 4.72 Å². The van der Waals surface area contributed by atoms with Crippen LogP contribution in [-0.2, 0) is 19.6 Å². The lowest BCUT2D eigenvalue weighted by Gasteiger charge is -2.15. The van der Waals surface area contributed by atoms with E-state index in [1.807, 2.05) is 0 Å². The largest absolute Gasteiger partial charge is 0.504 e. The van der Waals surface area contributed by atoms with Crippen LogP contribution in [-0.4, -0.2) is 37.5 Å². The summed E-state index contributed by atoms with van der Waals surface area (Å²) in [6.07, 6.45) is 4.04. The zero-order chi connectivity index (χ0) is 19.3. The van der Waals surface area contributed by atoms with Crippen LogP contribution in [0.4, 0.5) is 5.69 Å². The second-order valence-corrected chi connectivity index (χ2v) is 8.54. The van der Waals surface area contributed by atoms with E-state index in [4.69, 9.17) is 4.74 Å². The van der Waals surface area contributed by atoms with Gasteiger partial charge in [-0.25, -0.2) is 13.2 Å². The predicted molar refractivity (Wildman–Crippen MR) is 102 cm³/mol. The Hall–Kier alpha value is -2.17. The zero-order valence-electron chi connectivity index (χ0n) is 13.9. The average Bonchev–Trinajstić information content (AvgIpc) is 3.12. The van der Waals surface area contributed by atoms with Gasteiger partial charge in [0.05, 0.1) is 12.3 Å². The monoisotopic (exact) mass is 415 g/mol. The Balaban J connectivity index is 2.49. The molecule has 2 aromatic rings. The molecule has 0 radical (unpaired) electrons. The van der Waals surface area contributed by atoms with Gasteiger partial charge in [0.1, 0.15) is 4.21 Å². The van der Waals surface area contributed by atoms with Crippen LogP contribution >= 0.6 is 23.1 Å². The van der Waals surface area contributed by atoms with Gasteiger partial charge < -0.3 is 14.9 Å². The van der Waals surface area contributed by atoms with Crippen molar-refractivity contribution in [1.29, 1.82) is 0 Å². The third-order valence-electron chi connectivity index (χ3n) is 3.15. The van der Waals surface area contributed by atoms with Gasteiger partial charge in [0.2, 0.25) is 0 Å². The molecule has 0 saturated heterocycles. The predicted octanol–water partition coefficient (Wildman–Crippen LogP) is 3.26. The molecule has 1 heterocycles. The molecule has 1 aromatic carbocycles. The fourth-order valence-corrected chi connectivity index (χ4v) is 4.90. The summed E-state index contributed by atoms with van der Waals surface area (Å²) in [5, 5.41) is 21.7. The number of carbonyl (C=O) groups is 1. The lowest BCUT2D eigenvalue weighted by atomic mass is 10.1. The molecule has 0 saturated carbocycles. The molecule has 0 bridgehead atoms. The number of hydrogen-bond donors (Lipinski definition) is 3. The highest BCUT2D eigenvalue weighted by atomic mass is 32.2. The lowest BCUT2D eigenvalue weighted by Crippen LogP contribution is -2.12. The smallest absolute Gasteiger partial charge is 0.330 e. The summed E-state index contributed by atoms with van der Waals surface area (Å²) in [4.78, 5) is 11.9. The Morgan fingerprint density at radius 2 is 2.15 bits per heavy atom. The van der Waals surface area contributed by atoms with Gasteiger partial charge >= 0.3 is 5.97 Å². The highest BCUT2D eigenvalue weighted by molar-refractivity contribution is 7.99. The first-order valence-corrected chi connectivity index (χ1v) is 10.9. The molecule has 0 aliphatic rings. The van der Waals surface area contributed by atoms with Crippen molar-refractivity contribution in [3.8, 4) is 11.5 Å². The Labute approximate surface area is 159 Å². The molecule has 10 heteroatoms. The molecule has 0 amide bonds. The normalized spacial score (nSPS) is 11.6. The van der Waals surface area contributed by atoms with E-state index < -0.39 is 27.5 Å². The van der Waals surface area contributed by atoms with Gasteiger partial charge in [-0.2, -0.15) is 0 Å². The minimum atomic E-state index is -3.84. The van der Waals surface area contributed by atoms with Gasteiger partial charge in [-0.05, 0) is 30.7 Å². The second kappa shape index (κ2) is 8.47. The highest BCUT2D eigenvalue weighted by Crippen LogP contribution is 2.43. The number of phenols is 2. The molecule has 2 rings (SSSR count). The number of esters is 1. The van der Waals surface area contributed by atoms with Gasteiger partial charge in [0.25, 0.3) is 10.0 Å². The number of benzene rings is 1. The van der Waals surface area contributed by atoms with Gasteiger partial charge in [-0.3, -0.25) is 4.72 Å². The topological polar surface area (TPSA) is 113 Å². The van der Waals surface area contributed by atoms with Crippen LogP contribution in [0, 0.1) is 0 Å². The van der Waals surface area contributed by atoms with Crippen LogP contribution in [0.15, 0.2) is 38.8 Å². The first-order chi connectivity index (χ1) is 12.3. The third-order valence-corrected chi connectivity index (χ3v) is 6.76. The Morgan fingerprint density at radius 3 is 2.73 bits per heavy atom. The van der Waals surface area contributed by atoms with Crippen molar-refractivity contribution in [2.24, 2.45) is 0 Å². The number of hydrogen-bond acceptors (Lipinski definition) is 8. The molecule has 140 valence electrons. The van der Waals surface area contributed by atoms with E-state index in [-0.39, 0.29) is 22.1 Å². The number of rotatable bonds is 7. The minimum absolute atomic E-state index is 0.0877. The fourth-order valence-electron chi connectivity index (χ4n) is 2.06. The summed E-state index contributed by atoms with van der Waals surface area (Å²) in [7, 11) is -3.84. The standard InChI is InChI=1S/C16H17NO6S3/c1-3-23-13(19)7-6-10-15(20)12(18)9-11(16(10)24-2)17-26(21,22)14-5-4-8-25-14/h4-9,17-18,20H,3H2,1-2H3. The van der Waals surface area contributed by atoms with Gasteiger partial charge in [-0.15, -0.1) is 23.1 Å². The average molecular weight is 416 g/mol. The quantitative estimate of drug-likeness (QED) is 0.209. The molecular formula is C16H17NO6S3. The van der Waals surface area contributed by atoms with Crippen molar-refractivity contribution in [2.45, 2.75) is 16.0 Å². The van der Waals surface area contributed by atoms with Gasteiger partial charge in [0.15, 0.2) is 11.5 Å². The molecule has 0 atom stereocenters. The Bertz CT molecular complexity index is 920. The summed E-state index contributed by atoms with van der Waals surface area (Å²) in [5.41, 5.74) is 0.194. The van der Waals surface area contributed by atoms with E-state index >= 15 is 0 Å². The first kappa shape index (κ1) is 20.1. The SMILES string of the molecule is CCOC(=O)C=Cc1c(O)c(O)cc(NS(=O)(=O)c2cccs2)c1SC. The number of thiophene rings is 1. The Morgan fingerprint density at radius 1 is 1.42 bits per heavy atom. The van der Waals surface area contributed by atoms with Crippen LogP contribution in [0.3, 0.4) is 0 Å². The number of ether oxygens (including phenoxy) is 1. The molecule has 0 spiro atoms. The maximum absolute atomic E-state index is 12.4. The van der Waals surface area contributed by atoms with Crippen LogP contribution in [0.25, 0.3) is 6.08 Å². The van der Waals surface area contributed by atoms with Crippen LogP contribution in [0.1, 0.15) is 12.5 Å². The lowest BCUT2D eigenvalue weighted by molar-refractivity contribution is -0.137. The number of sulfonamides is 1. The van der Waals surface area contributed by atoms with Gasteiger partial charge in [-0.1, -0.05) is 6.07 Å². The molecule has 26 heavy (non-hydrogen) atoms. The maximum atomic E-state index is 12.4. The molecule has 7 nitrogen and oxygen atoms in total. The minimum Gasteiger partial charge on any atom is -0.504 e. The van der Waals surface area contributed by atoms with E-state index in [2.05, 4.69) is 4.72 Å². The summed E-state index contributed by atoms with van der Waals surface area (Å²) >= 11 is 2.20. The molecule has 0 aliphatic carbocycles. The summed E-state index contributed by atoms with van der Waals surface area (Å²) in [6, 6.07) is 4.18. The molecular weight excluding hydrogens is 398 g/mol. The van der Waals surface area contributed by atoms with Crippen molar-refractivity contribution in [3.63, 3.8) is 0 Å². The van der Waals surface area contributed by atoms with Gasteiger partial charge in [0, 0.05) is 22.6 Å². The summed E-state index contributed by atoms with van der Waals surface area (Å²) in [5.74, 6) is -1.60. The van der Waals surface area contributed by atoms with Crippen molar-refractivity contribution in [3.05, 3.63) is 35.2 Å². The number of nitrogens with one attached hydrogen (secondary N) is 1. The van der Waals surface area contributed by atoms with Crippen LogP contribution in [0.5, 0.6) is 11.5 Å². The number of aromatic hydroxyl groups is 2. The summed E-state index contributed by atoms with van der Waals surface area (Å²) in [6.45, 7) is 1.85. The van der Waals surface area contributed by atoms with E-state index in [0.29, 0.717) is 4.90 Å². The number of anilines is 1. The van der Waals surface area contributed by atoms with Crippen molar-refractivity contribution >= 4 is 50.9 Å². The van der Waals surface area contributed by atoms with E-state index in [0.717, 1.165) is 35.2 Å². The van der Waals surface area contributed by atoms with E-state index in [9.17, 15) is 23.4 Å². The van der Waals surface area contributed by atoms with Crippen molar-refractivity contribution in [2.75, 3.05) is 17.6 Å². The van der Waals surface area contributed by atoms with E-state index in [1.54, 1.807) is 24.6 Å². The molecule has 0 unspecified atom stereocenters. The molecule has 3 N–H and O–H groups in total. The van der Waals surface area contributed by atoms with Crippen LogP contribution in [0.2, 0.25) is 0 Å². The van der Waals surface area contributed by atoms with Crippen molar-refractivity contribution < 1.29 is 28.2 Å². The summed E-state index contributed by atoms with van der Waals surface area (Å²) < 4.78 is 32.2. The van der Waals surface area contributed by atoms with E-state index in [1.165, 1.54) is 12.1 Å². The number of carbonyl (C=O) groups excluding carboxylic acids is 1. The fraction of sp³-hybridized carbons (Fsp3) is 0.188. The third kappa shape index (κ3) is 4.51. The molecule has 1 aromatic heterocycles. The maximum Gasteiger partial charge on any atom is 0.330 e. The first-order valence-electron chi connectivity index (χ1n) is 7.34. The molecule has 0 fully saturated rings. The Kier molecular flexibility index (Phi) is 6.57. The second-order valence-electron chi connectivity index (χ2n) is 4.86. The molecule has 0 aliphatic heterocycles. The number of thioether (sulfide) groups is 1. The highest BCUT2D eigenvalue weighted by Gasteiger charge is 2.21. The van der Waals surface area contributed by atoms with Crippen molar-refractivity contribution in [1.82, 2.24) is 0 Å². The zero-order valence-corrected chi connectivity index (χ0v) is 16.4. The number of phenolic OH excluding ortho intramolecular Hbond substituents is 2.